The molecule has 1 aromatic heterocycles. The molecule has 3 aromatic rings. The van der Waals surface area contributed by atoms with Gasteiger partial charge in [0.15, 0.2) is 0 Å². The number of H-pyrrole nitrogens is 1. The van der Waals surface area contributed by atoms with Gasteiger partial charge in [-0.3, -0.25) is 4.79 Å². The van der Waals surface area contributed by atoms with E-state index >= 15 is 0 Å². The van der Waals surface area contributed by atoms with E-state index in [4.69, 9.17) is 16.3 Å². The molecule has 1 amide bonds. The molecule has 0 aliphatic carbocycles. The topological polar surface area (TPSA) is 94.2 Å². The van der Waals surface area contributed by atoms with Crippen LogP contribution in [0.2, 0.25) is 0 Å². The van der Waals surface area contributed by atoms with Crippen LogP contribution in [-0.2, 0) is 22.6 Å². The van der Waals surface area contributed by atoms with Crippen molar-refractivity contribution < 1.29 is 19.4 Å². The standard InChI is InChI=1S/C20H19ClN2O4/c21-10-19(24)23-18(20(25)26)8-14-11-22-17-7-6-15(9-16(14)17)27-12-13-4-2-1-3-5-13/h1-7,9,11,18,22H,8,10,12H2,(H,23,24)(H,25,26)/p-1/t18-/m1/s1. The van der Waals surface area contributed by atoms with Crippen LogP contribution in [0.25, 0.3) is 10.9 Å². The predicted octanol–water partition coefficient (Wildman–Crippen LogP) is 1.76. The van der Waals surface area contributed by atoms with E-state index in [0.29, 0.717) is 12.4 Å². The number of fused-ring (bicyclic) bond motifs is 1. The lowest BCUT2D eigenvalue weighted by atomic mass is 10.0. The van der Waals surface area contributed by atoms with Gasteiger partial charge in [-0.15, -0.1) is 11.6 Å². The van der Waals surface area contributed by atoms with E-state index in [1.165, 1.54) is 0 Å². The molecule has 0 saturated carbocycles. The third kappa shape index (κ3) is 4.80. The van der Waals surface area contributed by atoms with Gasteiger partial charge in [0.25, 0.3) is 0 Å². The number of carbonyl (C=O) groups is 2. The summed E-state index contributed by atoms with van der Waals surface area (Å²) in [7, 11) is 0. The molecule has 7 heteroatoms. The third-order valence-corrected chi connectivity index (χ3v) is 4.40. The highest BCUT2D eigenvalue weighted by Crippen LogP contribution is 2.25. The van der Waals surface area contributed by atoms with Crippen LogP contribution < -0.4 is 15.2 Å². The molecule has 2 aromatic carbocycles. The van der Waals surface area contributed by atoms with Gasteiger partial charge < -0.3 is 24.9 Å². The Labute approximate surface area is 161 Å². The van der Waals surface area contributed by atoms with Crippen LogP contribution in [-0.4, -0.2) is 28.8 Å². The Balaban J connectivity index is 1.77. The Bertz CT molecular complexity index is 940. The summed E-state index contributed by atoms with van der Waals surface area (Å²) in [5.74, 6) is -1.56. The van der Waals surface area contributed by atoms with Crippen LogP contribution in [0.15, 0.2) is 54.7 Å². The van der Waals surface area contributed by atoms with Crippen molar-refractivity contribution in [3.8, 4) is 5.75 Å². The zero-order valence-corrected chi connectivity index (χ0v) is 15.2. The zero-order chi connectivity index (χ0) is 19.2. The number of carboxylic acids is 1. The maximum Gasteiger partial charge on any atom is 0.235 e. The molecule has 0 spiro atoms. The fourth-order valence-electron chi connectivity index (χ4n) is 2.80. The number of halogens is 1. The summed E-state index contributed by atoms with van der Waals surface area (Å²) in [5.41, 5.74) is 2.63. The van der Waals surface area contributed by atoms with Gasteiger partial charge >= 0.3 is 0 Å². The fraction of sp³-hybridized carbons (Fsp3) is 0.200. The molecule has 0 saturated heterocycles. The van der Waals surface area contributed by atoms with Crippen LogP contribution in [0.3, 0.4) is 0 Å². The number of carbonyl (C=O) groups excluding carboxylic acids is 2. The van der Waals surface area contributed by atoms with Gasteiger partial charge in [0.1, 0.15) is 18.2 Å². The van der Waals surface area contributed by atoms with Gasteiger partial charge in [-0.1, -0.05) is 30.3 Å². The Morgan fingerprint density at radius 3 is 2.67 bits per heavy atom. The average molecular weight is 386 g/mol. The summed E-state index contributed by atoms with van der Waals surface area (Å²) in [6.45, 7) is 0.430. The number of benzene rings is 2. The van der Waals surface area contributed by atoms with Gasteiger partial charge in [-0.05, 0) is 29.3 Å². The monoisotopic (exact) mass is 385 g/mol. The molecule has 0 fully saturated rings. The smallest absolute Gasteiger partial charge is 0.235 e. The highest BCUT2D eigenvalue weighted by atomic mass is 35.5. The Kier molecular flexibility index (Phi) is 5.98. The van der Waals surface area contributed by atoms with E-state index < -0.39 is 17.9 Å². The number of carboxylic acid groups (broad SMARTS) is 1. The minimum atomic E-state index is -1.36. The number of ether oxygens (including phenoxy) is 1. The van der Waals surface area contributed by atoms with Gasteiger partial charge in [0.05, 0.1) is 12.0 Å². The Morgan fingerprint density at radius 1 is 1.19 bits per heavy atom. The van der Waals surface area contributed by atoms with E-state index in [2.05, 4.69) is 10.3 Å². The normalized spacial score (nSPS) is 11.9. The van der Waals surface area contributed by atoms with Crippen molar-refractivity contribution in [2.75, 3.05) is 5.88 Å². The number of aromatic amines is 1. The molecule has 1 heterocycles. The number of alkyl halides is 1. The van der Waals surface area contributed by atoms with E-state index in [1.54, 1.807) is 6.20 Å². The largest absolute Gasteiger partial charge is 0.548 e. The van der Waals surface area contributed by atoms with Crippen LogP contribution >= 0.6 is 11.6 Å². The van der Waals surface area contributed by atoms with Gasteiger partial charge in [0.2, 0.25) is 5.91 Å². The van der Waals surface area contributed by atoms with Crippen molar-refractivity contribution >= 4 is 34.4 Å². The van der Waals surface area contributed by atoms with Crippen LogP contribution in [0.5, 0.6) is 5.75 Å². The van der Waals surface area contributed by atoms with Crippen molar-refractivity contribution in [3.05, 3.63) is 65.9 Å². The number of rotatable bonds is 8. The molecule has 0 bridgehead atoms. The first kappa shape index (κ1) is 18.8. The summed E-state index contributed by atoms with van der Waals surface area (Å²) in [5, 5.41) is 14.5. The highest BCUT2D eigenvalue weighted by Gasteiger charge is 2.16. The lowest BCUT2D eigenvalue weighted by Crippen LogP contribution is -2.49. The van der Waals surface area contributed by atoms with Crippen molar-refractivity contribution in [2.24, 2.45) is 0 Å². The Morgan fingerprint density at radius 2 is 1.96 bits per heavy atom. The SMILES string of the molecule is O=C(CCl)N[C@H](Cc1c[nH]c2ccc(OCc3ccccc3)cc12)C(=O)[O-]. The second kappa shape index (κ2) is 8.60. The van der Waals surface area contributed by atoms with Gasteiger partial charge in [0, 0.05) is 23.5 Å². The molecule has 3 rings (SSSR count). The molecule has 0 unspecified atom stereocenters. The highest BCUT2D eigenvalue weighted by molar-refractivity contribution is 6.27. The summed E-state index contributed by atoms with van der Waals surface area (Å²) in [6, 6.07) is 14.2. The van der Waals surface area contributed by atoms with Gasteiger partial charge in [-0.2, -0.15) is 0 Å². The molecule has 6 nitrogen and oxygen atoms in total. The minimum absolute atomic E-state index is 0.0765. The van der Waals surface area contributed by atoms with Crippen LogP contribution in [0, 0.1) is 0 Å². The number of aliphatic carboxylic acids is 1. The Hall–Kier alpha value is -2.99. The van der Waals surface area contributed by atoms with E-state index in [0.717, 1.165) is 22.0 Å². The van der Waals surface area contributed by atoms with E-state index in [9.17, 15) is 14.7 Å². The molecule has 0 aliphatic rings. The second-order valence-electron chi connectivity index (χ2n) is 6.07. The molecular formula is C20H18ClN2O4-. The quantitative estimate of drug-likeness (QED) is 0.578. The molecule has 1 atom stereocenters. The predicted molar refractivity (Wildman–Crippen MR) is 100 cm³/mol. The molecule has 0 aliphatic heterocycles. The first-order valence-electron chi connectivity index (χ1n) is 8.39. The lowest BCUT2D eigenvalue weighted by molar-refractivity contribution is -0.308. The summed E-state index contributed by atoms with van der Waals surface area (Å²) < 4.78 is 5.83. The summed E-state index contributed by atoms with van der Waals surface area (Å²) in [4.78, 5) is 25.9. The van der Waals surface area contributed by atoms with Crippen molar-refractivity contribution in [2.45, 2.75) is 19.1 Å². The number of hydrogen-bond donors (Lipinski definition) is 2. The number of hydrogen-bond acceptors (Lipinski definition) is 4. The fourth-order valence-corrected chi connectivity index (χ4v) is 2.88. The summed E-state index contributed by atoms with van der Waals surface area (Å²) in [6.07, 6.45) is 1.79. The van der Waals surface area contributed by atoms with Crippen molar-refractivity contribution in [3.63, 3.8) is 0 Å². The zero-order valence-electron chi connectivity index (χ0n) is 14.4. The second-order valence-corrected chi connectivity index (χ2v) is 6.34. The molecule has 0 radical (unpaired) electrons. The minimum Gasteiger partial charge on any atom is -0.548 e. The number of nitrogens with one attached hydrogen (secondary N) is 2. The van der Waals surface area contributed by atoms with E-state index in [1.807, 2.05) is 48.5 Å². The van der Waals surface area contributed by atoms with Crippen LogP contribution in [0.4, 0.5) is 0 Å². The van der Waals surface area contributed by atoms with E-state index in [-0.39, 0.29) is 12.3 Å². The maximum atomic E-state index is 11.4. The third-order valence-electron chi connectivity index (χ3n) is 4.15. The molecule has 140 valence electrons. The average Bonchev–Trinajstić information content (AvgIpc) is 3.08. The molecular weight excluding hydrogens is 368 g/mol. The number of aromatic nitrogens is 1. The van der Waals surface area contributed by atoms with Gasteiger partial charge in [-0.25, -0.2) is 0 Å². The summed E-state index contributed by atoms with van der Waals surface area (Å²) >= 11 is 5.44. The van der Waals surface area contributed by atoms with Crippen molar-refractivity contribution in [1.29, 1.82) is 0 Å². The first-order chi connectivity index (χ1) is 13.1. The first-order valence-corrected chi connectivity index (χ1v) is 8.93. The maximum absolute atomic E-state index is 11.4. The van der Waals surface area contributed by atoms with Crippen molar-refractivity contribution in [1.82, 2.24) is 10.3 Å². The lowest BCUT2D eigenvalue weighted by Gasteiger charge is -2.19. The number of amides is 1. The van der Waals surface area contributed by atoms with Crippen LogP contribution in [0.1, 0.15) is 11.1 Å². The molecule has 2 N–H and O–H groups in total. The molecule has 27 heavy (non-hydrogen) atoms.